The van der Waals surface area contributed by atoms with Gasteiger partial charge in [0.1, 0.15) is 17.4 Å². The second kappa shape index (κ2) is 7.85. The van der Waals surface area contributed by atoms with Crippen molar-refractivity contribution in [1.29, 1.82) is 0 Å². The van der Waals surface area contributed by atoms with Gasteiger partial charge in [-0.05, 0) is 49.9 Å². The van der Waals surface area contributed by atoms with E-state index in [-0.39, 0.29) is 35.4 Å². The highest BCUT2D eigenvalue weighted by Crippen LogP contribution is 2.39. The number of fused-ring (bicyclic) bond motifs is 1. The van der Waals surface area contributed by atoms with Crippen molar-refractivity contribution in [2.75, 3.05) is 26.2 Å². The Hall–Kier alpha value is -2.30. The van der Waals surface area contributed by atoms with Gasteiger partial charge in [0.15, 0.2) is 0 Å². The van der Waals surface area contributed by atoms with Gasteiger partial charge >= 0.3 is 12.7 Å². The molecule has 1 atom stereocenters. The normalized spacial score (nSPS) is 23.5. The Morgan fingerprint density at radius 3 is 2.79 bits per heavy atom. The largest absolute Gasteiger partial charge is 0.669 e. The van der Waals surface area contributed by atoms with Crippen molar-refractivity contribution in [1.82, 2.24) is 10.2 Å². The van der Waals surface area contributed by atoms with E-state index in [0.29, 0.717) is 37.4 Å². The Morgan fingerprint density at radius 2 is 2.10 bits per heavy atom. The number of carbonyl (C=O) groups is 2. The molecule has 1 amide bonds. The van der Waals surface area contributed by atoms with Gasteiger partial charge in [0.05, 0.1) is 18.8 Å². The number of ether oxygens (including phenoxy) is 1. The molecule has 0 radical (unpaired) electrons. The monoisotopic (exact) mass is 405 g/mol. The fraction of sp³-hybridized carbons (Fsp3) is 0.579. The zero-order valence-corrected chi connectivity index (χ0v) is 16.2. The Morgan fingerprint density at radius 1 is 1.31 bits per heavy atom. The fourth-order valence-corrected chi connectivity index (χ4v) is 4.20. The average Bonchev–Trinajstić information content (AvgIpc) is 2.63. The minimum atomic E-state index is -3.07. The SMILES string of the molecule is O=C(O)c1c(OC2CN(C(=O)CC3CCCNC3)C2)ccc2c1O[B-](O)(O)CC2. The van der Waals surface area contributed by atoms with Gasteiger partial charge in [0.25, 0.3) is 0 Å². The molecule has 2 fully saturated rings. The first kappa shape index (κ1) is 20.0. The first-order chi connectivity index (χ1) is 13.8. The second-order valence-corrected chi connectivity index (χ2v) is 8.20. The molecule has 1 aromatic rings. The van der Waals surface area contributed by atoms with Gasteiger partial charge in [-0.1, -0.05) is 12.4 Å². The number of aryl methyl sites for hydroxylation is 1. The molecule has 9 nitrogen and oxygen atoms in total. The third-order valence-corrected chi connectivity index (χ3v) is 5.87. The summed E-state index contributed by atoms with van der Waals surface area (Å²) in [6, 6.07) is 3.25. The molecule has 0 aliphatic carbocycles. The van der Waals surface area contributed by atoms with Crippen LogP contribution in [0.2, 0.25) is 6.32 Å². The van der Waals surface area contributed by atoms with Crippen LogP contribution in [0.25, 0.3) is 0 Å². The van der Waals surface area contributed by atoms with Gasteiger partial charge in [-0.25, -0.2) is 4.79 Å². The molecule has 29 heavy (non-hydrogen) atoms. The van der Waals surface area contributed by atoms with Gasteiger partial charge in [-0.2, -0.15) is 0 Å². The standard InChI is InChI=1S/C19H26BN2O7/c23-16(8-12-2-1-7-21-9-12)22-10-14(11-22)28-15-4-3-13-5-6-20(26,27)29-18(13)17(15)19(24)25/h3-4,12,14,21,26-27H,1-2,5-11H2,(H,24,25)/q-1. The number of likely N-dealkylation sites (tertiary alicyclic amines) is 1. The third kappa shape index (κ3) is 4.34. The lowest BCUT2D eigenvalue weighted by Crippen LogP contribution is -2.56. The molecule has 3 aliphatic rings. The first-order valence-corrected chi connectivity index (χ1v) is 10.2. The summed E-state index contributed by atoms with van der Waals surface area (Å²) in [5.41, 5.74) is 0.386. The number of rotatable bonds is 5. The lowest BCUT2D eigenvalue weighted by Gasteiger charge is -2.41. The van der Waals surface area contributed by atoms with Crippen molar-refractivity contribution in [2.24, 2.45) is 5.92 Å². The molecule has 2 saturated heterocycles. The molecule has 4 rings (SSSR count). The molecule has 4 N–H and O–H groups in total. The van der Waals surface area contributed by atoms with Crippen LogP contribution in [-0.4, -0.2) is 71.0 Å². The molecule has 0 bridgehead atoms. The van der Waals surface area contributed by atoms with E-state index in [1.807, 2.05) is 0 Å². The maximum Gasteiger partial charge on any atom is 0.430 e. The highest BCUT2D eigenvalue weighted by molar-refractivity contribution is 6.59. The highest BCUT2D eigenvalue weighted by atomic mass is 16.6. The maximum absolute atomic E-state index is 12.4. The number of benzene rings is 1. The van der Waals surface area contributed by atoms with Crippen molar-refractivity contribution >= 4 is 18.6 Å². The van der Waals surface area contributed by atoms with Crippen LogP contribution in [0.5, 0.6) is 11.5 Å². The first-order valence-electron chi connectivity index (χ1n) is 10.2. The van der Waals surface area contributed by atoms with Gasteiger partial charge in [-0.15, -0.1) is 0 Å². The third-order valence-electron chi connectivity index (χ3n) is 5.87. The van der Waals surface area contributed by atoms with E-state index in [1.54, 1.807) is 17.0 Å². The van der Waals surface area contributed by atoms with E-state index in [4.69, 9.17) is 9.39 Å². The van der Waals surface area contributed by atoms with Gasteiger partial charge < -0.3 is 34.8 Å². The van der Waals surface area contributed by atoms with Crippen LogP contribution < -0.4 is 14.7 Å². The van der Waals surface area contributed by atoms with Gasteiger partial charge in [0, 0.05) is 6.42 Å². The molecular weight excluding hydrogens is 379 g/mol. The van der Waals surface area contributed by atoms with Crippen LogP contribution in [-0.2, 0) is 11.2 Å². The van der Waals surface area contributed by atoms with E-state index in [9.17, 15) is 24.7 Å². The van der Waals surface area contributed by atoms with Crippen LogP contribution in [0.1, 0.15) is 35.2 Å². The molecule has 10 heteroatoms. The van der Waals surface area contributed by atoms with Crippen molar-refractivity contribution < 1.29 is 34.1 Å². The quantitative estimate of drug-likeness (QED) is 0.513. The van der Waals surface area contributed by atoms with E-state index < -0.39 is 12.7 Å². The number of nitrogens with one attached hydrogen (secondary N) is 1. The topological polar surface area (TPSA) is 129 Å². The summed E-state index contributed by atoms with van der Waals surface area (Å²) >= 11 is 0. The minimum Gasteiger partial charge on any atom is -0.669 e. The summed E-state index contributed by atoms with van der Waals surface area (Å²) < 4.78 is 11.0. The Balaban J connectivity index is 1.39. The Bertz CT molecular complexity index is 804. The zero-order valence-electron chi connectivity index (χ0n) is 16.2. The molecule has 3 heterocycles. The number of piperidine rings is 1. The maximum atomic E-state index is 12.4. The van der Waals surface area contributed by atoms with Crippen LogP contribution >= 0.6 is 0 Å². The van der Waals surface area contributed by atoms with Gasteiger partial charge in [-0.3, -0.25) is 4.79 Å². The number of hydrogen-bond donors (Lipinski definition) is 4. The summed E-state index contributed by atoms with van der Waals surface area (Å²) in [6.07, 6.45) is 2.69. The van der Waals surface area contributed by atoms with E-state index in [0.717, 1.165) is 25.9 Å². The van der Waals surface area contributed by atoms with Crippen molar-refractivity contribution in [3.05, 3.63) is 23.3 Å². The molecule has 0 aromatic heterocycles. The van der Waals surface area contributed by atoms with Gasteiger partial charge in [0.2, 0.25) is 5.91 Å². The number of nitrogens with zero attached hydrogens (tertiary/aromatic N) is 1. The summed E-state index contributed by atoms with van der Waals surface area (Å²) in [6.45, 7) is -0.382. The summed E-state index contributed by atoms with van der Waals surface area (Å²) in [4.78, 5) is 25.9. The fourth-order valence-electron chi connectivity index (χ4n) is 4.20. The molecular formula is C19H26BN2O7-. The lowest BCUT2D eigenvalue weighted by molar-refractivity contribution is -0.141. The second-order valence-electron chi connectivity index (χ2n) is 8.20. The predicted octanol–water partition coefficient (Wildman–Crippen LogP) is 0.223. The molecule has 1 unspecified atom stereocenters. The average molecular weight is 405 g/mol. The predicted molar refractivity (Wildman–Crippen MR) is 104 cm³/mol. The number of amides is 1. The van der Waals surface area contributed by atoms with E-state index in [2.05, 4.69) is 5.32 Å². The van der Waals surface area contributed by atoms with Crippen molar-refractivity contribution in [2.45, 2.75) is 38.1 Å². The molecule has 0 spiro atoms. The summed E-state index contributed by atoms with van der Waals surface area (Å²) in [5, 5.41) is 32.5. The summed E-state index contributed by atoms with van der Waals surface area (Å²) in [5.74, 6) is -0.741. The van der Waals surface area contributed by atoms with Crippen LogP contribution in [0.3, 0.4) is 0 Å². The number of aromatic carboxylic acids is 1. The molecule has 158 valence electrons. The minimum absolute atomic E-state index is 0.0163. The number of carboxylic acids is 1. The Kier molecular flexibility index (Phi) is 5.41. The number of hydrogen-bond acceptors (Lipinski definition) is 7. The molecule has 3 aliphatic heterocycles. The van der Waals surface area contributed by atoms with Crippen molar-refractivity contribution in [3.63, 3.8) is 0 Å². The van der Waals surface area contributed by atoms with Crippen LogP contribution in [0.4, 0.5) is 0 Å². The van der Waals surface area contributed by atoms with Crippen LogP contribution in [0.15, 0.2) is 12.1 Å². The number of carboxylic acid groups (broad SMARTS) is 1. The van der Waals surface area contributed by atoms with Crippen molar-refractivity contribution in [3.8, 4) is 11.5 Å². The molecule has 1 aromatic carbocycles. The lowest BCUT2D eigenvalue weighted by atomic mass is 9.70. The number of carbonyl (C=O) groups excluding carboxylic acids is 1. The van der Waals surface area contributed by atoms with Crippen LogP contribution in [0, 0.1) is 5.92 Å². The van der Waals surface area contributed by atoms with E-state index in [1.165, 1.54) is 0 Å². The summed E-state index contributed by atoms with van der Waals surface area (Å²) in [7, 11) is 0. The zero-order chi connectivity index (χ0) is 20.6. The smallest absolute Gasteiger partial charge is 0.430 e. The Labute approximate surface area is 168 Å². The molecule has 0 saturated carbocycles. The van der Waals surface area contributed by atoms with E-state index >= 15 is 0 Å². The highest BCUT2D eigenvalue weighted by Gasteiger charge is 2.36.